The number of aliphatic imine (C=N–C) groups is 1. The van der Waals surface area contributed by atoms with Crippen molar-refractivity contribution in [2.24, 2.45) is 4.99 Å². The van der Waals surface area contributed by atoms with Crippen molar-refractivity contribution in [2.75, 3.05) is 6.67 Å². The molecule has 0 saturated carbocycles. The summed E-state index contributed by atoms with van der Waals surface area (Å²) in [5.41, 5.74) is 3.55. The minimum atomic E-state index is 0.718. The van der Waals surface area contributed by atoms with E-state index in [2.05, 4.69) is 58.6 Å². The molecule has 1 aliphatic rings. The lowest BCUT2D eigenvalue weighted by Gasteiger charge is -2.22. The zero-order valence-electron chi connectivity index (χ0n) is 10.7. The molecule has 0 fully saturated rings. The number of allylic oxidation sites excluding steroid dienone is 1. The Morgan fingerprint density at radius 1 is 0.895 bits per heavy atom. The summed E-state index contributed by atoms with van der Waals surface area (Å²) in [6.45, 7) is 1.62. The third-order valence-corrected chi connectivity index (χ3v) is 3.16. The Morgan fingerprint density at radius 3 is 2.21 bits per heavy atom. The molecule has 1 aliphatic heterocycles. The summed E-state index contributed by atoms with van der Waals surface area (Å²) >= 11 is 0. The van der Waals surface area contributed by atoms with E-state index in [1.165, 1.54) is 11.1 Å². The smallest absolute Gasteiger partial charge is 0.110 e. The summed E-state index contributed by atoms with van der Waals surface area (Å²) in [7, 11) is 0. The first-order valence-electron chi connectivity index (χ1n) is 6.48. The van der Waals surface area contributed by atoms with Gasteiger partial charge < -0.3 is 4.90 Å². The van der Waals surface area contributed by atoms with E-state index in [1.807, 2.05) is 24.3 Å². The van der Waals surface area contributed by atoms with Crippen LogP contribution in [0.15, 0.2) is 77.9 Å². The quantitative estimate of drug-likeness (QED) is 0.812. The zero-order chi connectivity index (χ0) is 12.9. The number of nitrogens with zero attached hydrogens (tertiary/aromatic N) is 2. The van der Waals surface area contributed by atoms with Crippen molar-refractivity contribution >= 4 is 5.71 Å². The second kappa shape index (κ2) is 5.53. The van der Waals surface area contributed by atoms with Gasteiger partial charge in [0.15, 0.2) is 0 Å². The molecule has 0 amide bonds. The highest BCUT2D eigenvalue weighted by Crippen LogP contribution is 2.11. The van der Waals surface area contributed by atoms with Crippen LogP contribution >= 0.6 is 0 Å². The largest absolute Gasteiger partial charge is 0.354 e. The maximum absolute atomic E-state index is 4.63. The van der Waals surface area contributed by atoms with Crippen LogP contribution in [0.1, 0.15) is 11.1 Å². The van der Waals surface area contributed by atoms with Crippen molar-refractivity contribution in [3.8, 4) is 0 Å². The van der Waals surface area contributed by atoms with Crippen LogP contribution in [0, 0.1) is 0 Å². The fraction of sp³-hybridized carbons (Fsp3) is 0.118. The Balaban J connectivity index is 1.67. The Kier molecular flexibility index (Phi) is 3.41. The van der Waals surface area contributed by atoms with Crippen LogP contribution in [0.3, 0.4) is 0 Å². The van der Waals surface area contributed by atoms with E-state index >= 15 is 0 Å². The van der Waals surface area contributed by atoms with Crippen LogP contribution in [0.4, 0.5) is 0 Å². The number of hydrogen-bond donors (Lipinski definition) is 0. The predicted octanol–water partition coefficient (Wildman–Crippen LogP) is 3.46. The van der Waals surface area contributed by atoms with Gasteiger partial charge in [-0.2, -0.15) is 0 Å². The third-order valence-electron chi connectivity index (χ3n) is 3.16. The molecular formula is C17H16N2. The van der Waals surface area contributed by atoms with E-state index in [4.69, 9.17) is 0 Å². The molecule has 0 spiro atoms. The highest BCUT2D eigenvalue weighted by molar-refractivity contribution is 6.08. The molecule has 0 bridgehead atoms. The van der Waals surface area contributed by atoms with Gasteiger partial charge in [0.2, 0.25) is 0 Å². The Bertz CT molecular complexity index is 585. The van der Waals surface area contributed by atoms with Crippen LogP contribution in [0.2, 0.25) is 0 Å². The third kappa shape index (κ3) is 2.91. The molecule has 94 valence electrons. The first-order chi connectivity index (χ1) is 9.42. The van der Waals surface area contributed by atoms with E-state index in [9.17, 15) is 0 Å². The number of hydrogen-bond acceptors (Lipinski definition) is 2. The molecule has 0 atom stereocenters. The second-order valence-corrected chi connectivity index (χ2v) is 4.60. The van der Waals surface area contributed by atoms with Gasteiger partial charge in [-0.05, 0) is 17.2 Å². The maximum Gasteiger partial charge on any atom is 0.110 e. The predicted molar refractivity (Wildman–Crippen MR) is 79.0 cm³/mol. The Labute approximate surface area is 113 Å². The number of benzene rings is 2. The molecule has 3 rings (SSSR count). The summed E-state index contributed by atoms with van der Waals surface area (Å²) in [6, 6.07) is 20.8. The van der Waals surface area contributed by atoms with E-state index in [-0.39, 0.29) is 0 Å². The average molecular weight is 248 g/mol. The molecule has 0 unspecified atom stereocenters. The van der Waals surface area contributed by atoms with Gasteiger partial charge in [-0.3, -0.25) is 4.99 Å². The lowest BCUT2D eigenvalue weighted by Crippen LogP contribution is -2.21. The van der Waals surface area contributed by atoms with E-state index in [0.29, 0.717) is 0 Å². The monoisotopic (exact) mass is 248 g/mol. The zero-order valence-corrected chi connectivity index (χ0v) is 10.7. The van der Waals surface area contributed by atoms with Crippen LogP contribution < -0.4 is 0 Å². The summed E-state index contributed by atoms with van der Waals surface area (Å²) < 4.78 is 0. The van der Waals surface area contributed by atoms with Crippen molar-refractivity contribution in [2.45, 2.75) is 6.54 Å². The van der Waals surface area contributed by atoms with Crippen molar-refractivity contribution < 1.29 is 0 Å². The van der Waals surface area contributed by atoms with Crippen molar-refractivity contribution in [1.82, 2.24) is 4.90 Å². The summed E-state index contributed by atoms with van der Waals surface area (Å²) in [5.74, 6) is 0. The SMILES string of the molecule is C1=CN(Cc2ccccc2)CN=C1c1ccccc1. The van der Waals surface area contributed by atoms with Gasteiger partial charge in [0.25, 0.3) is 0 Å². The first-order valence-corrected chi connectivity index (χ1v) is 6.48. The van der Waals surface area contributed by atoms with Crippen LogP contribution in [0.5, 0.6) is 0 Å². The molecule has 2 nitrogen and oxygen atoms in total. The standard InChI is InChI=1S/C17H16N2/c1-3-7-15(8-4-1)13-19-12-11-17(18-14-19)16-9-5-2-6-10-16/h1-12H,13-14H2. The fourth-order valence-electron chi connectivity index (χ4n) is 2.16. The van der Waals surface area contributed by atoms with Gasteiger partial charge in [-0.25, -0.2) is 0 Å². The van der Waals surface area contributed by atoms with E-state index in [0.717, 1.165) is 18.9 Å². The van der Waals surface area contributed by atoms with Gasteiger partial charge in [0.05, 0.1) is 5.71 Å². The minimum Gasteiger partial charge on any atom is -0.354 e. The molecule has 2 aromatic carbocycles. The summed E-state index contributed by atoms with van der Waals surface area (Å²) in [6.07, 6.45) is 4.21. The van der Waals surface area contributed by atoms with E-state index < -0.39 is 0 Å². The van der Waals surface area contributed by atoms with Crippen molar-refractivity contribution in [1.29, 1.82) is 0 Å². The van der Waals surface area contributed by atoms with Crippen molar-refractivity contribution in [3.05, 3.63) is 84.1 Å². The molecule has 0 aliphatic carbocycles. The highest BCUT2D eigenvalue weighted by Gasteiger charge is 2.07. The van der Waals surface area contributed by atoms with Gasteiger partial charge in [0.1, 0.15) is 6.67 Å². The molecule has 0 aromatic heterocycles. The van der Waals surface area contributed by atoms with Gasteiger partial charge in [0, 0.05) is 12.7 Å². The van der Waals surface area contributed by atoms with Crippen LogP contribution in [-0.4, -0.2) is 17.3 Å². The Hall–Kier alpha value is -2.35. The van der Waals surface area contributed by atoms with Gasteiger partial charge in [-0.1, -0.05) is 60.7 Å². The molecule has 0 N–H and O–H groups in total. The highest BCUT2D eigenvalue weighted by atomic mass is 15.2. The second-order valence-electron chi connectivity index (χ2n) is 4.60. The Morgan fingerprint density at radius 2 is 1.58 bits per heavy atom. The lowest BCUT2D eigenvalue weighted by atomic mass is 10.1. The van der Waals surface area contributed by atoms with Gasteiger partial charge >= 0.3 is 0 Å². The molecule has 1 heterocycles. The topological polar surface area (TPSA) is 15.6 Å². The van der Waals surface area contributed by atoms with E-state index in [1.54, 1.807) is 0 Å². The summed E-state index contributed by atoms with van der Waals surface area (Å²) in [5, 5.41) is 0. The lowest BCUT2D eigenvalue weighted by molar-refractivity contribution is 0.378. The molecule has 0 radical (unpaired) electrons. The first kappa shape index (κ1) is 11.7. The molecule has 19 heavy (non-hydrogen) atoms. The minimum absolute atomic E-state index is 0.718. The van der Waals surface area contributed by atoms with Gasteiger partial charge in [-0.15, -0.1) is 0 Å². The fourth-order valence-corrected chi connectivity index (χ4v) is 2.16. The normalized spacial score (nSPS) is 14.3. The molecule has 2 heteroatoms. The van der Waals surface area contributed by atoms with Crippen LogP contribution in [0.25, 0.3) is 0 Å². The molecular weight excluding hydrogens is 232 g/mol. The maximum atomic E-state index is 4.63. The van der Waals surface area contributed by atoms with Crippen LogP contribution in [-0.2, 0) is 6.54 Å². The average Bonchev–Trinajstić information content (AvgIpc) is 2.50. The molecule has 2 aromatic rings. The molecule has 0 saturated heterocycles. The van der Waals surface area contributed by atoms with Crippen molar-refractivity contribution in [3.63, 3.8) is 0 Å². The summed E-state index contributed by atoms with van der Waals surface area (Å²) in [4.78, 5) is 6.84. The number of rotatable bonds is 3.